The van der Waals surface area contributed by atoms with Gasteiger partial charge in [0.05, 0.1) is 12.6 Å². The normalized spacial score (nSPS) is 14.1. The lowest BCUT2D eigenvalue weighted by atomic mass is 9.95. The third kappa shape index (κ3) is 1.62. The molecule has 1 aliphatic rings. The summed E-state index contributed by atoms with van der Waals surface area (Å²) in [6.07, 6.45) is 4.22. The topological polar surface area (TPSA) is 63.2 Å². The van der Waals surface area contributed by atoms with Gasteiger partial charge in [-0.25, -0.2) is 0 Å². The summed E-state index contributed by atoms with van der Waals surface area (Å²) >= 11 is 0. The van der Waals surface area contributed by atoms with Crippen LogP contribution in [-0.4, -0.2) is 21.7 Å². The van der Waals surface area contributed by atoms with Gasteiger partial charge < -0.3 is 4.74 Å². The van der Waals surface area contributed by atoms with Gasteiger partial charge in [-0.1, -0.05) is 0 Å². The minimum absolute atomic E-state index is 0.671. The van der Waals surface area contributed by atoms with Crippen molar-refractivity contribution in [2.45, 2.75) is 25.7 Å². The summed E-state index contributed by atoms with van der Waals surface area (Å²) in [7, 11) is 1.65. The van der Waals surface area contributed by atoms with Gasteiger partial charge in [0.2, 0.25) is 0 Å². The Hall–Kier alpha value is -2.61. The van der Waals surface area contributed by atoms with Crippen LogP contribution in [-0.2, 0) is 12.8 Å². The highest BCUT2D eigenvalue weighted by Gasteiger charge is 2.23. The van der Waals surface area contributed by atoms with Crippen LogP contribution in [0.5, 0.6) is 5.75 Å². The molecule has 3 aromatic rings. The van der Waals surface area contributed by atoms with Crippen molar-refractivity contribution in [1.82, 2.24) is 14.6 Å². The fraction of sp³-hybridized carbons (Fsp3) is 0.312. The summed E-state index contributed by atoms with van der Waals surface area (Å²) in [4.78, 5) is 0. The molecule has 0 radical (unpaired) electrons. The van der Waals surface area contributed by atoms with Crippen molar-refractivity contribution in [3.63, 3.8) is 0 Å². The van der Waals surface area contributed by atoms with E-state index in [4.69, 9.17) is 4.74 Å². The van der Waals surface area contributed by atoms with E-state index in [1.54, 1.807) is 7.11 Å². The van der Waals surface area contributed by atoms with E-state index in [9.17, 15) is 5.26 Å². The molecule has 2 aromatic heterocycles. The van der Waals surface area contributed by atoms with E-state index in [0.29, 0.717) is 11.2 Å². The molecule has 0 saturated heterocycles. The van der Waals surface area contributed by atoms with E-state index < -0.39 is 0 Å². The van der Waals surface area contributed by atoms with Crippen molar-refractivity contribution in [2.75, 3.05) is 7.11 Å². The molecule has 0 fully saturated rings. The number of methoxy groups -OCH3 is 1. The molecular formula is C16H14N4O. The van der Waals surface area contributed by atoms with Crippen LogP contribution in [0.3, 0.4) is 0 Å². The van der Waals surface area contributed by atoms with Gasteiger partial charge in [0, 0.05) is 11.8 Å². The largest absolute Gasteiger partial charge is 0.497 e. The maximum Gasteiger partial charge on any atom is 0.178 e. The van der Waals surface area contributed by atoms with Gasteiger partial charge in [-0.15, -0.1) is 10.2 Å². The SMILES string of the molecule is COc1ccc2nnc3c(C#N)c4c(n3c2c1)CCCC4. The molecular weight excluding hydrogens is 264 g/mol. The number of rotatable bonds is 1. The van der Waals surface area contributed by atoms with Crippen LogP contribution in [0.15, 0.2) is 18.2 Å². The first kappa shape index (κ1) is 12.2. The second-order valence-corrected chi connectivity index (χ2v) is 5.33. The highest BCUT2D eigenvalue weighted by molar-refractivity contribution is 5.81. The van der Waals surface area contributed by atoms with Crippen molar-refractivity contribution < 1.29 is 4.74 Å². The highest BCUT2D eigenvalue weighted by Crippen LogP contribution is 2.31. The van der Waals surface area contributed by atoms with Crippen LogP contribution in [0.25, 0.3) is 16.7 Å². The predicted octanol–water partition coefficient (Wildman–Crippen LogP) is 2.64. The lowest BCUT2D eigenvalue weighted by Gasteiger charge is -2.13. The monoisotopic (exact) mass is 278 g/mol. The molecule has 0 saturated carbocycles. The Kier molecular flexibility index (Phi) is 2.58. The Balaban J connectivity index is 2.19. The molecule has 0 spiro atoms. The van der Waals surface area contributed by atoms with Gasteiger partial charge >= 0.3 is 0 Å². The highest BCUT2D eigenvalue weighted by atomic mass is 16.5. The Morgan fingerprint density at radius 3 is 2.90 bits per heavy atom. The van der Waals surface area contributed by atoms with E-state index >= 15 is 0 Å². The number of hydrogen-bond acceptors (Lipinski definition) is 4. The molecule has 2 heterocycles. The van der Waals surface area contributed by atoms with Crippen LogP contribution >= 0.6 is 0 Å². The molecule has 0 bridgehead atoms. The van der Waals surface area contributed by atoms with Crippen molar-refractivity contribution in [3.05, 3.63) is 35.0 Å². The molecule has 0 aliphatic heterocycles. The summed E-state index contributed by atoms with van der Waals surface area (Å²) in [5.74, 6) is 0.786. The summed E-state index contributed by atoms with van der Waals surface area (Å²) in [6, 6.07) is 8.07. The first-order valence-corrected chi connectivity index (χ1v) is 7.10. The number of nitriles is 1. The Morgan fingerprint density at radius 1 is 1.24 bits per heavy atom. The third-order valence-electron chi connectivity index (χ3n) is 4.23. The zero-order chi connectivity index (χ0) is 14.4. The van der Waals surface area contributed by atoms with E-state index in [2.05, 4.69) is 20.7 Å². The number of benzene rings is 1. The number of fused-ring (bicyclic) bond motifs is 5. The number of aryl methyl sites for hydroxylation is 1. The lowest BCUT2D eigenvalue weighted by molar-refractivity contribution is 0.415. The summed E-state index contributed by atoms with van der Waals surface area (Å²) in [5, 5.41) is 18.0. The Morgan fingerprint density at radius 2 is 2.10 bits per heavy atom. The Bertz CT molecular complexity index is 904. The average Bonchev–Trinajstić information content (AvgIpc) is 2.88. The quantitative estimate of drug-likeness (QED) is 0.686. The van der Waals surface area contributed by atoms with Crippen LogP contribution in [0.4, 0.5) is 0 Å². The zero-order valence-electron chi connectivity index (χ0n) is 11.8. The minimum atomic E-state index is 0.671. The van der Waals surface area contributed by atoms with Crippen molar-refractivity contribution in [2.24, 2.45) is 0 Å². The summed E-state index contributed by atoms with van der Waals surface area (Å²) in [5.41, 5.74) is 5.48. The molecule has 0 unspecified atom stereocenters. The fourth-order valence-corrected chi connectivity index (χ4v) is 3.25. The van der Waals surface area contributed by atoms with Crippen molar-refractivity contribution >= 4 is 16.7 Å². The van der Waals surface area contributed by atoms with Crippen molar-refractivity contribution in [1.29, 1.82) is 5.26 Å². The van der Waals surface area contributed by atoms with E-state index in [-0.39, 0.29) is 0 Å². The molecule has 4 rings (SSSR count). The van der Waals surface area contributed by atoms with Gasteiger partial charge in [-0.05, 0) is 43.4 Å². The van der Waals surface area contributed by atoms with Gasteiger partial charge in [-0.3, -0.25) is 4.40 Å². The molecule has 1 aromatic carbocycles. The number of hydrogen-bond donors (Lipinski definition) is 0. The van der Waals surface area contributed by atoms with Gasteiger partial charge in [0.1, 0.15) is 22.9 Å². The van der Waals surface area contributed by atoms with Gasteiger partial charge in [-0.2, -0.15) is 5.26 Å². The second-order valence-electron chi connectivity index (χ2n) is 5.33. The fourth-order valence-electron chi connectivity index (χ4n) is 3.25. The van der Waals surface area contributed by atoms with Gasteiger partial charge in [0.25, 0.3) is 0 Å². The maximum absolute atomic E-state index is 9.50. The zero-order valence-corrected chi connectivity index (χ0v) is 11.8. The minimum Gasteiger partial charge on any atom is -0.497 e. The maximum atomic E-state index is 9.50. The van der Waals surface area contributed by atoms with E-state index in [0.717, 1.165) is 48.0 Å². The van der Waals surface area contributed by atoms with Crippen molar-refractivity contribution in [3.8, 4) is 11.8 Å². The third-order valence-corrected chi connectivity index (χ3v) is 4.23. The first-order chi connectivity index (χ1) is 10.3. The first-order valence-electron chi connectivity index (χ1n) is 7.10. The molecule has 5 nitrogen and oxygen atoms in total. The smallest absolute Gasteiger partial charge is 0.178 e. The molecule has 104 valence electrons. The standard InChI is InChI=1S/C16H14N4O/c1-21-10-6-7-13-15(8-10)20-14-5-3-2-4-11(14)12(9-17)16(20)19-18-13/h6-8H,2-5H2,1H3. The number of nitrogens with zero attached hydrogens (tertiary/aromatic N) is 4. The molecule has 0 atom stereocenters. The van der Waals surface area contributed by atoms with Crippen LogP contribution < -0.4 is 4.74 Å². The van der Waals surface area contributed by atoms with Crippen LogP contribution in [0, 0.1) is 11.3 Å². The lowest BCUT2D eigenvalue weighted by Crippen LogP contribution is -2.05. The second kappa shape index (κ2) is 4.45. The molecule has 1 aliphatic carbocycles. The van der Waals surface area contributed by atoms with Crippen LogP contribution in [0.2, 0.25) is 0 Å². The number of ether oxygens (including phenoxy) is 1. The molecule has 5 heteroatoms. The molecule has 0 N–H and O–H groups in total. The van der Waals surface area contributed by atoms with Gasteiger partial charge in [0.15, 0.2) is 5.65 Å². The Labute approximate surface area is 121 Å². The average molecular weight is 278 g/mol. The summed E-state index contributed by atoms with van der Waals surface area (Å²) in [6.45, 7) is 0. The predicted molar refractivity (Wildman–Crippen MR) is 78.4 cm³/mol. The van der Waals surface area contributed by atoms with Crippen LogP contribution in [0.1, 0.15) is 29.7 Å². The molecule has 0 amide bonds. The van der Waals surface area contributed by atoms with E-state index in [1.165, 1.54) is 5.69 Å². The van der Waals surface area contributed by atoms with E-state index in [1.807, 2.05) is 18.2 Å². The molecule has 21 heavy (non-hydrogen) atoms. The summed E-state index contributed by atoms with van der Waals surface area (Å²) < 4.78 is 7.42. The number of aromatic nitrogens is 3.